The summed E-state index contributed by atoms with van der Waals surface area (Å²) in [7, 11) is 0. The van der Waals surface area contributed by atoms with Gasteiger partial charge < -0.3 is 24.3 Å². The van der Waals surface area contributed by atoms with E-state index < -0.39 is 0 Å². The third kappa shape index (κ3) is 9.84. The van der Waals surface area contributed by atoms with Crippen LogP contribution < -0.4 is 14.8 Å². The van der Waals surface area contributed by atoms with Crippen LogP contribution in [0.25, 0.3) is 11.1 Å². The lowest BCUT2D eigenvalue weighted by atomic mass is 9.90. The van der Waals surface area contributed by atoms with Crippen molar-refractivity contribution in [3.8, 4) is 22.8 Å². The number of benzene rings is 1. The molecule has 3 aromatic rings. The molecular weight excluding hydrogens is 636 g/mol. The minimum atomic E-state index is -0.365. The van der Waals surface area contributed by atoms with Crippen molar-refractivity contribution in [3.05, 3.63) is 41.8 Å². The SMILES string of the molecule is CC(C)OCCCOc1nn(C2CCC(N3CCOCC3)CC2)cc1Nc1ncc(-c2ccc(Cl)c(O[C@@H](C)CN(C=N)N=N)c2)cn1. The summed E-state index contributed by atoms with van der Waals surface area (Å²) in [5, 5.41) is 20.4. The van der Waals surface area contributed by atoms with Crippen LogP contribution in [0.3, 0.4) is 0 Å². The first-order chi connectivity index (χ1) is 23.3. The van der Waals surface area contributed by atoms with Crippen molar-refractivity contribution >= 4 is 29.6 Å². The molecule has 1 atom stereocenters. The molecule has 0 unspecified atom stereocenters. The van der Waals surface area contributed by atoms with Crippen LogP contribution in [0.15, 0.2) is 42.0 Å². The van der Waals surface area contributed by atoms with Gasteiger partial charge in [-0.15, -0.1) is 5.10 Å². The Labute approximate surface area is 287 Å². The van der Waals surface area contributed by atoms with Crippen LogP contribution in [0, 0.1) is 10.9 Å². The highest BCUT2D eigenvalue weighted by Gasteiger charge is 2.29. The first-order valence-electron chi connectivity index (χ1n) is 16.7. The molecule has 0 radical (unpaired) electrons. The van der Waals surface area contributed by atoms with Gasteiger partial charge in [-0.2, -0.15) is 5.53 Å². The Hall–Kier alpha value is -3.85. The molecule has 2 aromatic heterocycles. The standard InChI is InChI=1S/C33H47ClN10O4/c1-23(2)46-13-4-14-47-32-30(21-44(40-32)28-8-6-27(7-9-28)42-11-15-45-16-12-42)39-33-37-18-26(19-38-33)25-5-10-29(34)31(17-25)48-24(3)20-43(22-35)41-36/h5,10,17-19,21-24,27-28,35-36H,4,6-9,11-16,20H2,1-3H3,(H,37,38,39)/t24-,27?,28?/m0/s1. The number of nitrogens with one attached hydrogen (secondary N) is 3. The first-order valence-corrected chi connectivity index (χ1v) is 17.1. The second-order valence-electron chi connectivity index (χ2n) is 12.4. The number of rotatable bonds is 17. The Bertz CT molecular complexity index is 1450. The predicted molar refractivity (Wildman–Crippen MR) is 184 cm³/mol. The van der Waals surface area contributed by atoms with E-state index in [1.54, 1.807) is 18.5 Å². The summed E-state index contributed by atoms with van der Waals surface area (Å²) in [6.45, 7) is 10.9. The normalized spacial score (nSPS) is 19.1. The number of morpholine rings is 1. The van der Waals surface area contributed by atoms with Gasteiger partial charge in [0.05, 0.1) is 56.3 Å². The van der Waals surface area contributed by atoms with Crippen molar-refractivity contribution in [2.24, 2.45) is 5.22 Å². The topological polar surface area (TPSA) is 159 Å². The maximum Gasteiger partial charge on any atom is 0.256 e. The molecule has 3 heterocycles. The third-order valence-corrected chi connectivity index (χ3v) is 8.80. The summed E-state index contributed by atoms with van der Waals surface area (Å²) >= 11 is 6.41. The van der Waals surface area contributed by atoms with E-state index in [2.05, 4.69) is 25.4 Å². The van der Waals surface area contributed by atoms with E-state index in [-0.39, 0.29) is 18.8 Å². The molecule has 1 aliphatic heterocycles. The Morgan fingerprint density at radius 2 is 1.81 bits per heavy atom. The highest BCUT2D eigenvalue weighted by molar-refractivity contribution is 6.32. The zero-order chi connectivity index (χ0) is 33.9. The van der Waals surface area contributed by atoms with E-state index in [1.165, 1.54) is 5.01 Å². The van der Waals surface area contributed by atoms with Crippen LogP contribution in [-0.4, -0.2) is 100 Å². The molecule has 1 saturated carbocycles. The number of ether oxygens (including phenoxy) is 4. The van der Waals surface area contributed by atoms with Gasteiger partial charge in [0.2, 0.25) is 5.95 Å². The lowest BCUT2D eigenvalue weighted by Gasteiger charge is -2.38. The van der Waals surface area contributed by atoms with Gasteiger partial charge in [-0.25, -0.2) is 15.0 Å². The van der Waals surface area contributed by atoms with Crippen LogP contribution in [0.2, 0.25) is 5.02 Å². The maximum absolute atomic E-state index is 7.33. The molecule has 0 spiro atoms. The van der Waals surface area contributed by atoms with Gasteiger partial charge in [-0.3, -0.25) is 15.0 Å². The maximum atomic E-state index is 7.33. The second kappa shape index (κ2) is 17.5. The van der Waals surface area contributed by atoms with Crippen LogP contribution in [0.1, 0.15) is 58.9 Å². The zero-order valence-electron chi connectivity index (χ0n) is 28.0. The number of hydrogen-bond donors (Lipinski definition) is 3. The molecule has 1 aliphatic carbocycles. The van der Waals surface area contributed by atoms with Crippen molar-refractivity contribution in [1.82, 2.24) is 29.7 Å². The predicted octanol–water partition coefficient (Wildman–Crippen LogP) is 6.37. The average molecular weight is 683 g/mol. The van der Waals surface area contributed by atoms with Crippen LogP contribution in [0.4, 0.5) is 11.6 Å². The quantitative estimate of drug-likeness (QED) is 0.0480. The van der Waals surface area contributed by atoms with E-state index >= 15 is 0 Å². The summed E-state index contributed by atoms with van der Waals surface area (Å²) in [6.07, 6.45) is 11.4. The molecule has 1 aromatic carbocycles. The Kier molecular flexibility index (Phi) is 12.9. The van der Waals surface area contributed by atoms with Crippen molar-refractivity contribution in [1.29, 1.82) is 10.9 Å². The minimum absolute atomic E-state index is 0.180. The van der Waals surface area contributed by atoms with Gasteiger partial charge in [-0.05, 0) is 64.2 Å². The summed E-state index contributed by atoms with van der Waals surface area (Å²) in [6, 6.07) is 6.36. The number of halogens is 1. The molecule has 5 rings (SSSR count). The lowest BCUT2D eigenvalue weighted by Crippen LogP contribution is -2.45. The van der Waals surface area contributed by atoms with Gasteiger partial charge in [0.1, 0.15) is 23.9 Å². The monoisotopic (exact) mass is 682 g/mol. The highest BCUT2D eigenvalue weighted by Crippen LogP contribution is 2.35. The Morgan fingerprint density at radius 1 is 1.08 bits per heavy atom. The van der Waals surface area contributed by atoms with Crippen molar-refractivity contribution in [2.45, 2.75) is 77.2 Å². The molecule has 15 heteroatoms. The zero-order valence-corrected chi connectivity index (χ0v) is 28.7. The van der Waals surface area contributed by atoms with Crippen molar-refractivity contribution in [2.75, 3.05) is 51.4 Å². The van der Waals surface area contributed by atoms with Crippen LogP contribution in [0.5, 0.6) is 11.6 Å². The number of aromatic nitrogens is 4. The number of nitrogens with zero attached hydrogens (tertiary/aromatic N) is 7. The van der Waals surface area contributed by atoms with Crippen molar-refractivity contribution < 1.29 is 18.9 Å². The fraction of sp³-hybridized carbons (Fsp3) is 0.576. The Balaban J connectivity index is 1.25. The highest BCUT2D eigenvalue weighted by atomic mass is 35.5. The summed E-state index contributed by atoms with van der Waals surface area (Å²) < 4.78 is 25.4. The fourth-order valence-corrected chi connectivity index (χ4v) is 6.17. The summed E-state index contributed by atoms with van der Waals surface area (Å²) in [5.74, 6) is 1.42. The molecule has 260 valence electrons. The molecule has 0 amide bonds. The molecule has 1 saturated heterocycles. The second-order valence-corrected chi connectivity index (χ2v) is 12.8. The van der Waals surface area contributed by atoms with E-state index in [4.69, 9.17) is 46.6 Å². The van der Waals surface area contributed by atoms with Crippen LogP contribution >= 0.6 is 11.6 Å². The summed E-state index contributed by atoms with van der Waals surface area (Å²) in [5.41, 5.74) is 9.48. The molecule has 2 aliphatic rings. The fourth-order valence-electron chi connectivity index (χ4n) is 6.01. The Morgan fingerprint density at radius 3 is 2.50 bits per heavy atom. The van der Waals surface area contributed by atoms with Gasteiger partial charge in [-0.1, -0.05) is 22.9 Å². The number of hydrogen-bond acceptors (Lipinski definition) is 12. The van der Waals surface area contributed by atoms with E-state index in [9.17, 15) is 0 Å². The van der Waals surface area contributed by atoms with Gasteiger partial charge in [0, 0.05) is 43.5 Å². The molecular formula is C33H47ClN10O4. The largest absolute Gasteiger partial charge is 0.487 e. The molecule has 0 bridgehead atoms. The van der Waals surface area contributed by atoms with Gasteiger partial charge >= 0.3 is 0 Å². The van der Waals surface area contributed by atoms with Crippen molar-refractivity contribution in [3.63, 3.8) is 0 Å². The smallest absolute Gasteiger partial charge is 0.256 e. The van der Waals surface area contributed by atoms with E-state index in [0.29, 0.717) is 47.9 Å². The van der Waals surface area contributed by atoms with Crippen LogP contribution in [-0.2, 0) is 9.47 Å². The first kappa shape index (κ1) is 35.5. The lowest BCUT2D eigenvalue weighted by molar-refractivity contribution is 0.00502. The van der Waals surface area contributed by atoms with E-state index in [1.807, 2.05) is 43.8 Å². The van der Waals surface area contributed by atoms with Gasteiger partial charge in [0.15, 0.2) is 0 Å². The summed E-state index contributed by atoms with van der Waals surface area (Å²) in [4.78, 5) is 11.8. The van der Waals surface area contributed by atoms with Gasteiger partial charge in [0.25, 0.3) is 5.88 Å². The molecule has 14 nitrogen and oxygen atoms in total. The molecule has 3 N–H and O–H groups in total. The molecule has 48 heavy (non-hydrogen) atoms. The molecule has 2 fully saturated rings. The third-order valence-electron chi connectivity index (χ3n) is 8.49. The van der Waals surface area contributed by atoms with E-state index in [0.717, 1.165) is 81.6 Å². The minimum Gasteiger partial charge on any atom is -0.487 e. The number of anilines is 2. The average Bonchev–Trinajstić information content (AvgIpc) is 3.50.